The Morgan fingerprint density at radius 1 is 0.360 bits per heavy atom. The maximum absolute atomic E-state index is 4.19. The maximum atomic E-state index is 4.19. The average molecular weight is 376 g/mol. The van der Waals surface area contributed by atoms with E-state index in [9.17, 15) is 0 Å². The molecular formula is C20H16CuN4+. The third-order valence-electron chi connectivity index (χ3n) is 3.18. The molecule has 4 aromatic rings. The monoisotopic (exact) mass is 375 g/mol. The van der Waals surface area contributed by atoms with Crippen LogP contribution in [0.25, 0.3) is 22.8 Å². The number of rotatable bonds is 2. The molecule has 0 unspecified atom stereocenters. The van der Waals surface area contributed by atoms with Gasteiger partial charge in [0.25, 0.3) is 0 Å². The van der Waals surface area contributed by atoms with Crippen molar-refractivity contribution in [2.24, 2.45) is 0 Å². The Kier molecular flexibility index (Phi) is 7.44. The smallest absolute Gasteiger partial charge is 0.255 e. The molecule has 0 aliphatic rings. The second kappa shape index (κ2) is 10.1. The summed E-state index contributed by atoms with van der Waals surface area (Å²) in [7, 11) is 0. The average Bonchev–Trinajstić information content (AvgIpc) is 2.71. The largest absolute Gasteiger partial charge is 1.00 e. The van der Waals surface area contributed by atoms with E-state index in [1.807, 2.05) is 72.8 Å². The molecule has 4 aromatic heterocycles. The summed E-state index contributed by atoms with van der Waals surface area (Å²) in [6.07, 6.45) is 7.07. The van der Waals surface area contributed by atoms with Crippen LogP contribution in [0.1, 0.15) is 0 Å². The first-order valence-electron chi connectivity index (χ1n) is 7.58. The summed E-state index contributed by atoms with van der Waals surface area (Å²) in [4.78, 5) is 16.7. The third-order valence-corrected chi connectivity index (χ3v) is 3.18. The summed E-state index contributed by atoms with van der Waals surface area (Å²) in [6.45, 7) is 0. The summed E-state index contributed by atoms with van der Waals surface area (Å²) >= 11 is 0. The van der Waals surface area contributed by atoms with Crippen LogP contribution in [-0.4, -0.2) is 19.9 Å². The van der Waals surface area contributed by atoms with Crippen LogP contribution in [0.4, 0.5) is 0 Å². The predicted octanol–water partition coefficient (Wildman–Crippen LogP) is 4.28. The fourth-order valence-corrected chi connectivity index (χ4v) is 2.06. The van der Waals surface area contributed by atoms with Crippen LogP contribution in [0.15, 0.2) is 97.6 Å². The normalized spacial score (nSPS) is 9.28. The minimum atomic E-state index is 0. The summed E-state index contributed by atoms with van der Waals surface area (Å²) < 4.78 is 0. The van der Waals surface area contributed by atoms with Crippen molar-refractivity contribution in [1.29, 1.82) is 0 Å². The van der Waals surface area contributed by atoms with Gasteiger partial charge in [-0.1, -0.05) is 24.3 Å². The molecule has 0 saturated carbocycles. The van der Waals surface area contributed by atoms with Gasteiger partial charge in [-0.15, -0.1) is 0 Å². The molecule has 5 heteroatoms. The van der Waals surface area contributed by atoms with Crippen molar-refractivity contribution in [3.05, 3.63) is 97.6 Å². The minimum Gasteiger partial charge on any atom is -0.255 e. The van der Waals surface area contributed by atoms with Crippen LogP contribution >= 0.6 is 0 Å². The van der Waals surface area contributed by atoms with E-state index in [0.29, 0.717) is 0 Å². The fraction of sp³-hybridized carbons (Fsp3) is 0. The van der Waals surface area contributed by atoms with Crippen molar-refractivity contribution < 1.29 is 17.1 Å². The molecule has 0 spiro atoms. The second-order valence-corrected chi connectivity index (χ2v) is 4.86. The van der Waals surface area contributed by atoms with E-state index in [4.69, 9.17) is 0 Å². The van der Waals surface area contributed by atoms with Gasteiger partial charge in [-0.2, -0.15) is 0 Å². The van der Waals surface area contributed by atoms with Gasteiger partial charge in [0, 0.05) is 24.8 Å². The SMILES string of the molecule is [Cu+].c1ccc(-c2ccccn2)nc1.c1ccc(-c2ccccn2)nc1. The van der Waals surface area contributed by atoms with Gasteiger partial charge in [0.05, 0.1) is 22.8 Å². The van der Waals surface area contributed by atoms with Gasteiger partial charge in [0.15, 0.2) is 0 Å². The Bertz CT molecular complexity index is 692. The fourth-order valence-electron chi connectivity index (χ4n) is 2.06. The Balaban J connectivity index is 0.000000173. The zero-order chi connectivity index (χ0) is 16.5. The van der Waals surface area contributed by atoms with Gasteiger partial charge < -0.3 is 0 Å². The van der Waals surface area contributed by atoms with E-state index < -0.39 is 0 Å². The van der Waals surface area contributed by atoms with Crippen LogP contribution in [0.3, 0.4) is 0 Å². The zero-order valence-electron chi connectivity index (χ0n) is 13.3. The molecule has 126 valence electrons. The van der Waals surface area contributed by atoms with E-state index in [1.54, 1.807) is 24.8 Å². The van der Waals surface area contributed by atoms with Gasteiger partial charge in [-0.3, -0.25) is 19.9 Å². The molecule has 4 rings (SSSR count). The Labute approximate surface area is 157 Å². The van der Waals surface area contributed by atoms with Crippen molar-refractivity contribution in [3.63, 3.8) is 0 Å². The standard InChI is InChI=1S/2C10H8N2.Cu/c2*1-3-7-11-9(5-1)10-6-2-4-8-12-10;/h2*1-8H;/q;;+1. The molecule has 0 aliphatic carbocycles. The molecule has 4 nitrogen and oxygen atoms in total. The number of aromatic nitrogens is 4. The van der Waals surface area contributed by atoms with E-state index >= 15 is 0 Å². The third kappa shape index (κ3) is 5.60. The molecule has 4 heterocycles. The molecule has 0 aliphatic heterocycles. The van der Waals surface area contributed by atoms with Crippen molar-refractivity contribution in [2.75, 3.05) is 0 Å². The zero-order valence-corrected chi connectivity index (χ0v) is 14.3. The van der Waals surface area contributed by atoms with Crippen molar-refractivity contribution >= 4 is 0 Å². The first-order chi connectivity index (χ1) is 11.9. The second-order valence-electron chi connectivity index (χ2n) is 4.86. The van der Waals surface area contributed by atoms with Gasteiger partial charge >= 0.3 is 17.1 Å². The molecule has 0 fully saturated rings. The van der Waals surface area contributed by atoms with Gasteiger partial charge in [0.1, 0.15) is 0 Å². The molecule has 0 saturated heterocycles. The first kappa shape index (κ1) is 18.5. The Hall–Kier alpha value is -2.88. The first-order valence-corrected chi connectivity index (χ1v) is 7.58. The summed E-state index contributed by atoms with van der Waals surface area (Å²) in [5.41, 5.74) is 3.66. The van der Waals surface area contributed by atoms with Gasteiger partial charge in [0.2, 0.25) is 0 Å². The van der Waals surface area contributed by atoms with E-state index in [2.05, 4.69) is 19.9 Å². The van der Waals surface area contributed by atoms with Crippen LogP contribution in [0.5, 0.6) is 0 Å². The summed E-state index contributed by atoms with van der Waals surface area (Å²) in [5, 5.41) is 0. The molecule has 0 bridgehead atoms. The Morgan fingerprint density at radius 3 is 0.760 bits per heavy atom. The van der Waals surface area contributed by atoms with Crippen LogP contribution in [0.2, 0.25) is 0 Å². The van der Waals surface area contributed by atoms with Crippen molar-refractivity contribution in [2.45, 2.75) is 0 Å². The number of hydrogen-bond donors (Lipinski definition) is 0. The van der Waals surface area contributed by atoms with E-state index in [-0.39, 0.29) is 17.1 Å². The number of pyridine rings is 4. The minimum absolute atomic E-state index is 0. The van der Waals surface area contributed by atoms with Crippen LogP contribution in [0, 0.1) is 0 Å². The van der Waals surface area contributed by atoms with Crippen LogP contribution < -0.4 is 0 Å². The molecule has 0 amide bonds. The quantitative estimate of drug-likeness (QED) is 0.490. The van der Waals surface area contributed by atoms with Gasteiger partial charge in [-0.25, -0.2) is 0 Å². The predicted molar refractivity (Wildman–Crippen MR) is 94.9 cm³/mol. The summed E-state index contributed by atoms with van der Waals surface area (Å²) in [6, 6.07) is 23.2. The van der Waals surface area contributed by atoms with Crippen molar-refractivity contribution in [3.8, 4) is 22.8 Å². The maximum Gasteiger partial charge on any atom is 1.00 e. The number of hydrogen-bond acceptors (Lipinski definition) is 4. The molecule has 0 radical (unpaired) electrons. The molecular weight excluding hydrogens is 360 g/mol. The van der Waals surface area contributed by atoms with Crippen molar-refractivity contribution in [1.82, 2.24) is 19.9 Å². The summed E-state index contributed by atoms with van der Waals surface area (Å²) in [5.74, 6) is 0. The Morgan fingerprint density at radius 2 is 0.600 bits per heavy atom. The molecule has 25 heavy (non-hydrogen) atoms. The molecule has 0 atom stereocenters. The molecule has 0 N–H and O–H groups in total. The number of nitrogens with zero attached hydrogens (tertiary/aromatic N) is 4. The topological polar surface area (TPSA) is 51.6 Å². The van der Waals surface area contributed by atoms with E-state index in [1.165, 1.54) is 0 Å². The molecule has 0 aromatic carbocycles. The van der Waals surface area contributed by atoms with Crippen LogP contribution in [-0.2, 0) is 17.1 Å². The van der Waals surface area contributed by atoms with Gasteiger partial charge in [-0.05, 0) is 48.5 Å². The van der Waals surface area contributed by atoms with E-state index in [0.717, 1.165) is 22.8 Å².